The van der Waals surface area contributed by atoms with E-state index >= 15 is 0 Å². The SMILES string of the molecule is O=C(OCc1ccccc1)[C@H]1C[C@H]2CC[C@@H]1N2C(=O)OCC1c2ccccc2-c2ccccc21. The normalized spacial score (nSPS) is 22.4. The fourth-order valence-electron chi connectivity index (χ4n) is 6.03. The number of fused-ring (bicyclic) bond motifs is 5. The molecule has 172 valence electrons. The van der Waals surface area contributed by atoms with E-state index in [4.69, 9.17) is 9.47 Å². The van der Waals surface area contributed by atoms with Gasteiger partial charge in [-0.2, -0.15) is 0 Å². The lowest BCUT2D eigenvalue weighted by Crippen LogP contribution is -2.39. The second-order valence-electron chi connectivity index (χ2n) is 9.45. The van der Waals surface area contributed by atoms with Crippen molar-refractivity contribution in [2.24, 2.45) is 5.92 Å². The number of hydrogen-bond donors (Lipinski definition) is 0. The lowest BCUT2D eigenvalue weighted by atomic mass is 9.89. The van der Waals surface area contributed by atoms with Gasteiger partial charge in [-0.1, -0.05) is 78.9 Å². The molecule has 0 spiro atoms. The van der Waals surface area contributed by atoms with Gasteiger partial charge in [0.25, 0.3) is 0 Å². The summed E-state index contributed by atoms with van der Waals surface area (Å²) in [5.41, 5.74) is 5.78. The van der Waals surface area contributed by atoms with Crippen LogP contribution in [-0.2, 0) is 20.9 Å². The van der Waals surface area contributed by atoms with Crippen molar-refractivity contribution in [3.63, 3.8) is 0 Å². The van der Waals surface area contributed by atoms with Crippen LogP contribution in [0.15, 0.2) is 78.9 Å². The van der Waals surface area contributed by atoms with Gasteiger partial charge in [0.15, 0.2) is 0 Å². The highest BCUT2D eigenvalue weighted by Crippen LogP contribution is 2.46. The van der Waals surface area contributed by atoms with Gasteiger partial charge in [0, 0.05) is 18.0 Å². The highest BCUT2D eigenvalue weighted by Gasteiger charge is 2.52. The maximum atomic E-state index is 13.2. The third-order valence-corrected chi connectivity index (χ3v) is 7.61. The van der Waals surface area contributed by atoms with Gasteiger partial charge in [-0.05, 0) is 47.1 Å². The van der Waals surface area contributed by atoms with Crippen LogP contribution in [0.25, 0.3) is 11.1 Å². The van der Waals surface area contributed by atoms with E-state index < -0.39 is 0 Å². The number of benzene rings is 3. The molecule has 0 unspecified atom stereocenters. The highest BCUT2D eigenvalue weighted by molar-refractivity contribution is 5.80. The van der Waals surface area contributed by atoms with Crippen molar-refractivity contribution in [3.8, 4) is 11.1 Å². The van der Waals surface area contributed by atoms with Crippen LogP contribution in [0.5, 0.6) is 0 Å². The van der Waals surface area contributed by atoms with Crippen LogP contribution in [0.3, 0.4) is 0 Å². The Morgan fingerprint density at radius 2 is 1.44 bits per heavy atom. The predicted octanol–water partition coefficient (Wildman–Crippen LogP) is 5.53. The standard InChI is InChI=1S/C29H27NO4/c31-28(33-17-19-8-2-1-3-9-19)25-16-20-14-15-27(25)30(20)29(32)34-18-26-23-12-6-4-10-21(23)22-11-5-7-13-24(22)26/h1-13,20,25-27H,14-18H2/t20-,25+,27+/m1/s1. The smallest absolute Gasteiger partial charge is 0.410 e. The molecular weight excluding hydrogens is 426 g/mol. The van der Waals surface area contributed by atoms with E-state index in [1.807, 2.05) is 54.6 Å². The minimum atomic E-state index is -0.312. The van der Waals surface area contributed by atoms with Crippen molar-refractivity contribution < 1.29 is 19.1 Å². The van der Waals surface area contributed by atoms with Crippen LogP contribution in [0, 0.1) is 5.92 Å². The molecule has 3 aromatic rings. The summed E-state index contributed by atoms with van der Waals surface area (Å²) in [6.07, 6.45) is 2.08. The van der Waals surface area contributed by atoms with Crippen molar-refractivity contribution in [1.29, 1.82) is 0 Å². The molecule has 3 aromatic carbocycles. The number of nitrogens with zero attached hydrogens (tertiary/aromatic N) is 1. The van der Waals surface area contributed by atoms with Crippen LogP contribution in [0.4, 0.5) is 4.79 Å². The zero-order valence-electron chi connectivity index (χ0n) is 18.9. The Balaban J connectivity index is 1.12. The Kier molecular flexibility index (Phi) is 5.33. The Morgan fingerprint density at radius 3 is 2.15 bits per heavy atom. The summed E-state index contributed by atoms with van der Waals surface area (Å²) in [7, 11) is 0. The van der Waals surface area contributed by atoms with Gasteiger partial charge in [-0.15, -0.1) is 0 Å². The molecule has 2 heterocycles. The monoisotopic (exact) mass is 453 g/mol. The first-order valence-electron chi connectivity index (χ1n) is 12.0. The molecule has 1 amide bonds. The van der Waals surface area contributed by atoms with E-state index in [9.17, 15) is 9.59 Å². The van der Waals surface area contributed by atoms with E-state index in [0.29, 0.717) is 13.0 Å². The number of carbonyl (C=O) groups excluding carboxylic acids is 2. The molecule has 3 atom stereocenters. The molecule has 2 fully saturated rings. The van der Waals surface area contributed by atoms with Crippen LogP contribution >= 0.6 is 0 Å². The van der Waals surface area contributed by atoms with Crippen molar-refractivity contribution in [2.75, 3.05) is 6.61 Å². The Bertz CT molecular complexity index is 1180. The molecule has 3 aliphatic rings. The Morgan fingerprint density at radius 1 is 0.794 bits per heavy atom. The fraction of sp³-hybridized carbons (Fsp3) is 0.310. The van der Waals surface area contributed by atoms with Gasteiger partial charge in [0.2, 0.25) is 0 Å². The van der Waals surface area contributed by atoms with Crippen molar-refractivity contribution in [1.82, 2.24) is 4.90 Å². The third kappa shape index (κ3) is 3.56. The molecule has 0 radical (unpaired) electrons. The lowest BCUT2D eigenvalue weighted by molar-refractivity contribution is -0.150. The molecule has 0 N–H and O–H groups in total. The minimum Gasteiger partial charge on any atom is -0.461 e. The largest absolute Gasteiger partial charge is 0.461 e. The molecule has 2 aliphatic heterocycles. The predicted molar refractivity (Wildman–Crippen MR) is 128 cm³/mol. The lowest BCUT2D eigenvalue weighted by Gasteiger charge is -2.24. The molecule has 2 bridgehead atoms. The molecule has 0 saturated carbocycles. The van der Waals surface area contributed by atoms with Crippen molar-refractivity contribution >= 4 is 12.1 Å². The Hall–Kier alpha value is -3.60. The highest BCUT2D eigenvalue weighted by atomic mass is 16.6. The summed E-state index contributed by atoms with van der Waals surface area (Å²) in [5, 5.41) is 0. The number of hydrogen-bond acceptors (Lipinski definition) is 4. The van der Waals surface area contributed by atoms with E-state index in [0.717, 1.165) is 18.4 Å². The zero-order chi connectivity index (χ0) is 23.1. The minimum absolute atomic E-state index is 0.0308. The summed E-state index contributed by atoms with van der Waals surface area (Å²) in [5.74, 6) is -0.460. The fourth-order valence-corrected chi connectivity index (χ4v) is 6.03. The maximum absolute atomic E-state index is 13.2. The van der Waals surface area contributed by atoms with E-state index in [2.05, 4.69) is 24.3 Å². The van der Waals surface area contributed by atoms with Crippen LogP contribution in [0.1, 0.15) is 41.9 Å². The van der Waals surface area contributed by atoms with Gasteiger partial charge in [0.05, 0.1) is 5.92 Å². The molecule has 0 aromatic heterocycles. The summed E-state index contributed by atoms with van der Waals surface area (Å²) in [4.78, 5) is 27.8. The van der Waals surface area contributed by atoms with Gasteiger partial charge in [-0.3, -0.25) is 4.79 Å². The Labute approximate surface area is 199 Å². The van der Waals surface area contributed by atoms with E-state index in [-0.39, 0.29) is 42.6 Å². The first-order valence-corrected chi connectivity index (χ1v) is 12.0. The maximum Gasteiger partial charge on any atom is 0.410 e. The number of amides is 1. The quantitative estimate of drug-likeness (QED) is 0.477. The topological polar surface area (TPSA) is 55.8 Å². The van der Waals surface area contributed by atoms with Crippen LogP contribution in [0.2, 0.25) is 0 Å². The first-order chi connectivity index (χ1) is 16.7. The van der Waals surface area contributed by atoms with Gasteiger partial charge >= 0.3 is 12.1 Å². The molecule has 34 heavy (non-hydrogen) atoms. The number of esters is 1. The number of ether oxygens (including phenoxy) is 2. The van der Waals surface area contributed by atoms with Crippen molar-refractivity contribution in [3.05, 3.63) is 95.6 Å². The van der Waals surface area contributed by atoms with Gasteiger partial charge in [-0.25, -0.2) is 4.79 Å². The molecule has 5 nitrogen and oxygen atoms in total. The van der Waals surface area contributed by atoms with Crippen LogP contribution in [-0.4, -0.2) is 35.7 Å². The van der Waals surface area contributed by atoms with Gasteiger partial charge in [0.1, 0.15) is 13.2 Å². The van der Waals surface area contributed by atoms with Crippen molar-refractivity contribution in [2.45, 2.75) is 43.9 Å². The number of carbonyl (C=O) groups is 2. The molecule has 2 saturated heterocycles. The van der Waals surface area contributed by atoms with Gasteiger partial charge < -0.3 is 14.4 Å². The molecule has 6 rings (SSSR count). The molecule has 1 aliphatic carbocycles. The second kappa shape index (κ2) is 8.64. The zero-order valence-corrected chi connectivity index (χ0v) is 18.9. The third-order valence-electron chi connectivity index (χ3n) is 7.61. The average Bonchev–Trinajstić information content (AvgIpc) is 3.56. The van der Waals surface area contributed by atoms with Crippen LogP contribution < -0.4 is 0 Å². The summed E-state index contributed by atoms with van der Waals surface area (Å²) in [6.45, 7) is 0.560. The average molecular weight is 454 g/mol. The summed E-state index contributed by atoms with van der Waals surface area (Å²) < 4.78 is 11.5. The summed E-state index contributed by atoms with van der Waals surface area (Å²) in [6, 6.07) is 26.2. The molecule has 5 heteroatoms. The van der Waals surface area contributed by atoms with E-state index in [1.165, 1.54) is 22.3 Å². The molecular formula is C29H27NO4. The second-order valence-corrected chi connectivity index (χ2v) is 9.45. The summed E-state index contributed by atoms with van der Waals surface area (Å²) >= 11 is 0. The van der Waals surface area contributed by atoms with E-state index in [1.54, 1.807) is 4.90 Å². The number of rotatable bonds is 5. The first kappa shape index (κ1) is 21.0.